The Morgan fingerprint density at radius 2 is 2.10 bits per heavy atom. The molecule has 0 aromatic carbocycles. The van der Waals surface area contributed by atoms with Gasteiger partial charge in [0.05, 0.1) is 11.8 Å². The topological polar surface area (TPSA) is 87.7 Å². The Kier molecular flexibility index (Phi) is 6.23. The maximum absolute atomic E-state index is 12.7. The van der Waals surface area contributed by atoms with Gasteiger partial charge in [-0.3, -0.25) is 9.20 Å². The van der Waals surface area contributed by atoms with Gasteiger partial charge in [-0.1, -0.05) is 36.9 Å². The molecule has 3 rings (SSSR count). The summed E-state index contributed by atoms with van der Waals surface area (Å²) < 4.78 is 7.01. The molecule has 1 saturated carbocycles. The van der Waals surface area contributed by atoms with E-state index in [1.807, 2.05) is 12.1 Å². The fourth-order valence-electron chi connectivity index (χ4n) is 3.69. The van der Waals surface area contributed by atoms with Crippen molar-refractivity contribution in [2.75, 3.05) is 7.05 Å². The summed E-state index contributed by atoms with van der Waals surface area (Å²) in [5.41, 5.74) is 0.376. The predicted octanol–water partition coefficient (Wildman–Crippen LogP) is 3.62. The zero-order chi connectivity index (χ0) is 21.0. The quantitative estimate of drug-likeness (QED) is 0.550. The molecule has 8 heteroatoms. The number of carbonyl (C=O) groups is 2. The number of esters is 1. The van der Waals surface area contributed by atoms with Crippen LogP contribution in [0.5, 0.6) is 0 Å². The van der Waals surface area contributed by atoms with E-state index >= 15 is 0 Å². The van der Waals surface area contributed by atoms with Gasteiger partial charge < -0.3 is 9.64 Å². The van der Waals surface area contributed by atoms with Crippen molar-refractivity contribution in [1.82, 2.24) is 14.3 Å². The zero-order valence-electron chi connectivity index (χ0n) is 16.5. The minimum atomic E-state index is -0.998. The molecule has 29 heavy (non-hydrogen) atoms. The second-order valence-electron chi connectivity index (χ2n) is 7.23. The highest BCUT2D eigenvalue weighted by atomic mass is 35.5. The van der Waals surface area contributed by atoms with Gasteiger partial charge in [0, 0.05) is 19.3 Å². The van der Waals surface area contributed by atoms with Crippen LogP contribution in [0.25, 0.3) is 11.7 Å². The third-order valence-corrected chi connectivity index (χ3v) is 5.68. The molecule has 1 atom stereocenters. The normalized spacial score (nSPS) is 17.0. The Morgan fingerprint density at radius 1 is 1.38 bits per heavy atom. The molecule has 0 bridgehead atoms. The molecule has 0 aliphatic heterocycles. The molecule has 2 aromatic rings. The number of pyridine rings is 1. The number of hydrogen-bond donors (Lipinski definition) is 0. The number of nitriles is 1. The van der Waals surface area contributed by atoms with Gasteiger partial charge in [-0.15, -0.1) is 0 Å². The van der Waals surface area contributed by atoms with Crippen LogP contribution in [-0.2, 0) is 14.3 Å². The Balaban J connectivity index is 1.67. The minimum absolute atomic E-state index is 0.261. The predicted molar refractivity (Wildman–Crippen MR) is 109 cm³/mol. The molecule has 2 heterocycles. The Bertz CT molecular complexity index is 985. The monoisotopic (exact) mass is 414 g/mol. The number of nitrogens with zero attached hydrogens (tertiary/aromatic N) is 4. The Morgan fingerprint density at radius 3 is 2.79 bits per heavy atom. The highest BCUT2D eigenvalue weighted by molar-refractivity contribution is 6.31. The van der Waals surface area contributed by atoms with Gasteiger partial charge in [-0.2, -0.15) is 5.26 Å². The van der Waals surface area contributed by atoms with Crippen molar-refractivity contribution in [3.05, 3.63) is 41.3 Å². The molecule has 1 fully saturated rings. The molecule has 1 aliphatic carbocycles. The molecular formula is C21H23ClN4O3. The minimum Gasteiger partial charge on any atom is -0.449 e. The zero-order valence-corrected chi connectivity index (χ0v) is 17.2. The molecule has 1 aliphatic rings. The lowest BCUT2D eigenvalue weighted by molar-refractivity contribution is -0.157. The standard InChI is InChI=1S/C21H23ClN4O3/c1-15(20(28)25(2)21(14-23)11-5-3-6-12-21)29-18(27)10-9-16-19(22)24-17-8-4-7-13-26(16)17/h4,7-10,13,15H,3,5-6,11-12H2,1-2H3/b10-9+/t15-/m1/s1. The number of imidazole rings is 1. The van der Waals surface area contributed by atoms with Crippen molar-refractivity contribution in [3.63, 3.8) is 0 Å². The van der Waals surface area contributed by atoms with E-state index in [0.717, 1.165) is 19.3 Å². The number of amides is 1. The molecule has 0 unspecified atom stereocenters. The van der Waals surface area contributed by atoms with Crippen LogP contribution >= 0.6 is 11.6 Å². The smallest absolute Gasteiger partial charge is 0.331 e. The largest absolute Gasteiger partial charge is 0.449 e. The van der Waals surface area contributed by atoms with Crippen molar-refractivity contribution >= 4 is 35.2 Å². The maximum atomic E-state index is 12.7. The average Bonchev–Trinajstić information content (AvgIpc) is 3.06. The van der Waals surface area contributed by atoms with Crippen molar-refractivity contribution < 1.29 is 14.3 Å². The van der Waals surface area contributed by atoms with Crippen molar-refractivity contribution in [2.45, 2.75) is 50.7 Å². The SMILES string of the molecule is C[C@@H](OC(=O)/C=C/c1c(Cl)nc2ccccn12)C(=O)N(C)C1(C#N)CCCCC1. The molecule has 0 N–H and O–H groups in total. The summed E-state index contributed by atoms with van der Waals surface area (Å²) in [4.78, 5) is 30.6. The average molecular weight is 415 g/mol. The Labute approximate surface area is 174 Å². The number of carbonyl (C=O) groups excluding carboxylic acids is 2. The van der Waals surface area contributed by atoms with Crippen molar-refractivity contribution in [1.29, 1.82) is 5.26 Å². The van der Waals surface area contributed by atoms with E-state index in [1.165, 1.54) is 24.0 Å². The van der Waals surface area contributed by atoms with E-state index in [9.17, 15) is 14.9 Å². The van der Waals surface area contributed by atoms with Crippen LogP contribution in [-0.4, -0.2) is 44.9 Å². The van der Waals surface area contributed by atoms with Gasteiger partial charge in [-0.05, 0) is 38.0 Å². The van der Waals surface area contributed by atoms with Gasteiger partial charge in [0.15, 0.2) is 11.3 Å². The molecule has 0 saturated heterocycles. The van der Waals surface area contributed by atoms with E-state index < -0.39 is 17.6 Å². The van der Waals surface area contributed by atoms with Crippen LogP contribution in [0.4, 0.5) is 0 Å². The van der Waals surface area contributed by atoms with Crippen LogP contribution in [0.2, 0.25) is 5.15 Å². The Hall–Kier alpha value is -2.85. The summed E-state index contributed by atoms with van der Waals surface area (Å²) in [6.45, 7) is 1.51. The van der Waals surface area contributed by atoms with E-state index in [0.29, 0.717) is 24.2 Å². The third-order valence-electron chi connectivity index (χ3n) is 5.40. The molecule has 7 nitrogen and oxygen atoms in total. The van der Waals surface area contributed by atoms with Crippen LogP contribution in [0, 0.1) is 11.3 Å². The molecule has 152 valence electrons. The molecule has 1 amide bonds. The second kappa shape index (κ2) is 8.66. The maximum Gasteiger partial charge on any atom is 0.331 e. The van der Waals surface area contributed by atoms with Crippen LogP contribution in [0.3, 0.4) is 0 Å². The molecule has 0 radical (unpaired) electrons. The first-order valence-corrected chi connectivity index (χ1v) is 9.96. The van der Waals surface area contributed by atoms with Gasteiger partial charge in [0.25, 0.3) is 5.91 Å². The van der Waals surface area contributed by atoms with E-state index in [2.05, 4.69) is 11.1 Å². The van der Waals surface area contributed by atoms with Gasteiger partial charge in [0.2, 0.25) is 0 Å². The molecule has 2 aromatic heterocycles. The summed E-state index contributed by atoms with van der Waals surface area (Å²) >= 11 is 6.14. The highest BCUT2D eigenvalue weighted by Gasteiger charge is 2.40. The summed E-state index contributed by atoms with van der Waals surface area (Å²) in [5, 5.41) is 9.90. The highest BCUT2D eigenvalue weighted by Crippen LogP contribution is 2.33. The molecule has 0 spiro atoms. The van der Waals surface area contributed by atoms with Crippen molar-refractivity contribution in [3.8, 4) is 6.07 Å². The molecular weight excluding hydrogens is 392 g/mol. The lowest BCUT2D eigenvalue weighted by Gasteiger charge is -2.39. The van der Waals surface area contributed by atoms with Gasteiger partial charge in [0.1, 0.15) is 11.2 Å². The van der Waals surface area contributed by atoms with Crippen LogP contribution < -0.4 is 0 Å². The van der Waals surface area contributed by atoms with E-state index in [1.54, 1.807) is 23.7 Å². The first-order chi connectivity index (χ1) is 13.9. The fraction of sp³-hybridized carbons (Fsp3) is 0.429. The van der Waals surface area contributed by atoms with Gasteiger partial charge >= 0.3 is 5.97 Å². The summed E-state index contributed by atoms with van der Waals surface area (Å²) in [6.07, 6.45) is 7.65. The third kappa shape index (κ3) is 4.28. The first kappa shape index (κ1) is 20.9. The lowest BCUT2D eigenvalue weighted by atomic mass is 9.81. The number of likely N-dealkylation sites (N-methyl/N-ethyl adjacent to an activating group) is 1. The van der Waals surface area contributed by atoms with Crippen molar-refractivity contribution in [2.24, 2.45) is 0 Å². The van der Waals surface area contributed by atoms with Crippen LogP contribution in [0.15, 0.2) is 30.5 Å². The number of rotatable bonds is 5. The second-order valence-corrected chi connectivity index (χ2v) is 7.59. The lowest BCUT2D eigenvalue weighted by Crippen LogP contribution is -2.53. The van der Waals surface area contributed by atoms with E-state index in [4.69, 9.17) is 16.3 Å². The summed E-state index contributed by atoms with van der Waals surface area (Å²) in [7, 11) is 1.61. The number of aromatic nitrogens is 2. The summed E-state index contributed by atoms with van der Waals surface area (Å²) in [6, 6.07) is 7.76. The number of halogens is 1. The van der Waals surface area contributed by atoms with Crippen LogP contribution in [0.1, 0.15) is 44.7 Å². The van der Waals surface area contributed by atoms with Gasteiger partial charge in [-0.25, -0.2) is 9.78 Å². The number of hydrogen-bond acceptors (Lipinski definition) is 5. The number of fused-ring (bicyclic) bond motifs is 1. The number of ether oxygens (including phenoxy) is 1. The summed E-state index contributed by atoms with van der Waals surface area (Å²) in [5.74, 6) is -1.06. The first-order valence-electron chi connectivity index (χ1n) is 9.58. The van der Waals surface area contributed by atoms with E-state index in [-0.39, 0.29) is 11.1 Å². The fourth-order valence-corrected chi connectivity index (χ4v) is 3.93.